The Bertz CT molecular complexity index is 636. The fourth-order valence-corrected chi connectivity index (χ4v) is 4.32. The van der Waals surface area contributed by atoms with Gasteiger partial charge >= 0.3 is 6.03 Å². The number of urea groups is 1. The number of nitrogens with one attached hydrogen (secondary N) is 3. The van der Waals surface area contributed by atoms with Crippen LogP contribution in [-0.4, -0.2) is 32.2 Å². The first-order valence-electron chi connectivity index (χ1n) is 8.80. The van der Waals surface area contributed by atoms with Gasteiger partial charge in [0.1, 0.15) is 0 Å². The topological polar surface area (TPSA) is 79.5 Å². The van der Waals surface area contributed by atoms with E-state index in [2.05, 4.69) is 16.0 Å². The molecular weight excluding hydrogens is 338 g/mol. The Morgan fingerprint density at radius 1 is 1.36 bits per heavy atom. The average molecular weight is 363 g/mol. The van der Waals surface area contributed by atoms with Crippen molar-refractivity contribution in [1.82, 2.24) is 16.0 Å². The Morgan fingerprint density at radius 2 is 2.16 bits per heavy atom. The lowest BCUT2D eigenvalue weighted by Gasteiger charge is -2.29. The number of hydrogen-bond donors (Lipinski definition) is 3. The predicted octanol–water partition coefficient (Wildman–Crippen LogP) is 2.70. The second kappa shape index (κ2) is 8.49. The van der Waals surface area contributed by atoms with Gasteiger partial charge in [0.05, 0.1) is 23.9 Å². The van der Waals surface area contributed by atoms with E-state index in [1.54, 1.807) is 7.11 Å². The number of thiophene rings is 1. The van der Waals surface area contributed by atoms with Crippen molar-refractivity contribution in [2.24, 2.45) is 5.92 Å². The van der Waals surface area contributed by atoms with Crippen molar-refractivity contribution in [3.63, 3.8) is 0 Å². The molecule has 3 amide bonds. The number of carbonyl (C=O) groups is 2. The largest absolute Gasteiger partial charge is 0.378 e. The van der Waals surface area contributed by atoms with Crippen molar-refractivity contribution in [1.29, 1.82) is 0 Å². The van der Waals surface area contributed by atoms with Crippen LogP contribution in [0.4, 0.5) is 4.79 Å². The summed E-state index contributed by atoms with van der Waals surface area (Å²) in [7, 11) is 1.55. The molecule has 0 radical (unpaired) electrons. The summed E-state index contributed by atoms with van der Waals surface area (Å²) in [5.41, 5.74) is 1.07. The molecule has 7 heteroatoms. The lowest BCUT2D eigenvalue weighted by atomic mass is 9.89. The molecule has 1 aliphatic carbocycles. The van der Waals surface area contributed by atoms with Crippen molar-refractivity contribution in [2.75, 3.05) is 20.3 Å². The summed E-state index contributed by atoms with van der Waals surface area (Å²) in [6, 6.07) is 3.10. The molecule has 1 aliphatic heterocycles. The molecule has 3 rings (SSSR count). The number of ether oxygens (including phenoxy) is 1. The Morgan fingerprint density at radius 3 is 2.84 bits per heavy atom. The predicted molar refractivity (Wildman–Crippen MR) is 97.2 cm³/mol. The smallest absolute Gasteiger partial charge is 0.319 e. The minimum absolute atomic E-state index is 0.136. The maximum atomic E-state index is 12.9. The molecular formula is C18H25N3O3S. The van der Waals surface area contributed by atoms with Gasteiger partial charge < -0.3 is 20.7 Å². The van der Waals surface area contributed by atoms with Crippen molar-refractivity contribution in [3.05, 3.63) is 33.7 Å². The maximum absolute atomic E-state index is 12.9. The standard InChI is InChI=1S/C18H25N3O3S/c1-24-11-13-15(17(22)19-10-12-6-3-2-4-7-12)16(21-18(23)20-13)14-8-5-9-25-14/h5,8-9,12,16H,2-4,6-7,10-11H2,1H3,(H,19,22)(H2,20,21,23). The van der Waals surface area contributed by atoms with E-state index in [9.17, 15) is 9.59 Å². The van der Waals surface area contributed by atoms with Gasteiger partial charge in [-0.15, -0.1) is 11.3 Å². The molecule has 136 valence electrons. The summed E-state index contributed by atoms with van der Waals surface area (Å²) >= 11 is 1.52. The van der Waals surface area contributed by atoms with Crippen LogP contribution >= 0.6 is 11.3 Å². The number of methoxy groups -OCH3 is 1. The molecule has 2 heterocycles. The molecule has 3 N–H and O–H groups in total. The second-order valence-electron chi connectivity index (χ2n) is 6.59. The first-order valence-corrected chi connectivity index (χ1v) is 9.68. The highest BCUT2D eigenvalue weighted by Gasteiger charge is 2.33. The third-order valence-corrected chi connectivity index (χ3v) is 5.73. The minimum Gasteiger partial charge on any atom is -0.378 e. The lowest BCUT2D eigenvalue weighted by molar-refractivity contribution is -0.118. The average Bonchev–Trinajstić information content (AvgIpc) is 3.15. The molecule has 0 aromatic carbocycles. The van der Waals surface area contributed by atoms with Crippen LogP contribution in [0.15, 0.2) is 28.8 Å². The van der Waals surface area contributed by atoms with Gasteiger partial charge in [0, 0.05) is 18.5 Å². The van der Waals surface area contributed by atoms with Crippen LogP contribution in [0.1, 0.15) is 43.0 Å². The van der Waals surface area contributed by atoms with Gasteiger partial charge in [-0.3, -0.25) is 4.79 Å². The summed E-state index contributed by atoms with van der Waals surface area (Å²) in [6.07, 6.45) is 6.13. The molecule has 1 unspecified atom stereocenters. The second-order valence-corrected chi connectivity index (χ2v) is 7.57. The summed E-state index contributed by atoms with van der Waals surface area (Å²) in [5.74, 6) is 0.416. The third-order valence-electron chi connectivity index (χ3n) is 4.79. The van der Waals surface area contributed by atoms with Gasteiger partial charge in [-0.25, -0.2) is 4.79 Å². The quantitative estimate of drug-likeness (QED) is 0.727. The van der Waals surface area contributed by atoms with E-state index < -0.39 is 6.04 Å². The zero-order valence-corrected chi connectivity index (χ0v) is 15.3. The van der Waals surface area contributed by atoms with E-state index in [4.69, 9.17) is 4.74 Å². The van der Waals surface area contributed by atoms with E-state index in [1.807, 2.05) is 17.5 Å². The molecule has 0 spiro atoms. The highest BCUT2D eigenvalue weighted by Crippen LogP contribution is 2.30. The summed E-state index contributed by atoms with van der Waals surface area (Å²) in [4.78, 5) is 25.9. The Balaban J connectivity index is 1.79. The number of rotatable bonds is 6. The van der Waals surface area contributed by atoms with Crippen molar-refractivity contribution in [3.8, 4) is 0 Å². The Hall–Kier alpha value is -1.86. The molecule has 1 aromatic heterocycles. The van der Waals surface area contributed by atoms with Crippen molar-refractivity contribution < 1.29 is 14.3 Å². The third kappa shape index (κ3) is 4.41. The SMILES string of the molecule is COCC1=C(C(=O)NCC2CCCCC2)C(c2cccs2)NC(=O)N1. The lowest BCUT2D eigenvalue weighted by Crippen LogP contribution is -2.48. The van der Waals surface area contributed by atoms with Gasteiger partial charge in [0.25, 0.3) is 5.91 Å². The van der Waals surface area contributed by atoms with Crippen LogP contribution in [0.5, 0.6) is 0 Å². The van der Waals surface area contributed by atoms with Crippen LogP contribution in [0.25, 0.3) is 0 Å². The molecule has 0 saturated heterocycles. The number of carbonyl (C=O) groups excluding carboxylic acids is 2. The monoisotopic (exact) mass is 363 g/mol. The Labute approximate surface area is 152 Å². The zero-order valence-electron chi connectivity index (χ0n) is 14.5. The number of amides is 3. The normalized spacial score (nSPS) is 21.6. The zero-order chi connectivity index (χ0) is 17.6. The van der Waals surface area contributed by atoms with Gasteiger partial charge in [-0.2, -0.15) is 0 Å². The molecule has 25 heavy (non-hydrogen) atoms. The van der Waals surface area contributed by atoms with Gasteiger partial charge in [0.2, 0.25) is 0 Å². The molecule has 1 aromatic rings. The molecule has 0 bridgehead atoms. The van der Waals surface area contributed by atoms with Crippen molar-refractivity contribution in [2.45, 2.75) is 38.1 Å². The summed E-state index contributed by atoms with van der Waals surface area (Å²) < 4.78 is 5.19. The fourth-order valence-electron chi connectivity index (χ4n) is 3.54. The van der Waals surface area contributed by atoms with E-state index >= 15 is 0 Å². The first kappa shape index (κ1) is 17.9. The summed E-state index contributed by atoms with van der Waals surface area (Å²) in [5, 5.41) is 10.6. The molecule has 1 atom stereocenters. The number of hydrogen-bond acceptors (Lipinski definition) is 4. The van der Waals surface area contributed by atoms with Crippen molar-refractivity contribution >= 4 is 23.3 Å². The Kier molecular flexibility index (Phi) is 6.09. The van der Waals surface area contributed by atoms with Crippen LogP contribution in [-0.2, 0) is 9.53 Å². The highest BCUT2D eigenvalue weighted by atomic mass is 32.1. The van der Waals surface area contributed by atoms with Crippen LogP contribution in [0, 0.1) is 5.92 Å². The van der Waals surface area contributed by atoms with E-state index in [0.29, 0.717) is 23.7 Å². The van der Waals surface area contributed by atoms with Gasteiger partial charge in [-0.05, 0) is 30.2 Å². The molecule has 6 nitrogen and oxygen atoms in total. The molecule has 2 aliphatic rings. The van der Waals surface area contributed by atoms with Gasteiger partial charge in [0.15, 0.2) is 0 Å². The van der Waals surface area contributed by atoms with E-state index in [0.717, 1.165) is 4.88 Å². The van der Waals surface area contributed by atoms with Gasteiger partial charge in [-0.1, -0.05) is 25.3 Å². The van der Waals surface area contributed by atoms with Crippen LogP contribution in [0.3, 0.4) is 0 Å². The maximum Gasteiger partial charge on any atom is 0.319 e. The molecule has 1 saturated carbocycles. The van der Waals surface area contributed by atoms with E-state index in [1.165, 1.54) is 43.4 Å². The van der Waals surface area contributed by atoms with Crippen LogP contribution in [0.2, 0.25) is 0 Å². The minimum atomic E-state index is -0.440. The van der Waals surface area contributed by atoms with E-state index in [-0.39, 0.29) is 18.5 Å². The molecule has 1 fully saturated rings. The summed E-state index contributed by atoms with van der Waals surface area (Å²) in [6.45, 7) is 0.884. The fraction of sp³-hybridized carbons (Fsp3) is 0.556. The van der Waals surface area contributed by atoms with Crippen LogP contribution < -0.4 is 16.0 Å². The highest BCUT2D eigenvalue weighted by molar-refractivity contribution is 7.10. The first-order chi connectivity index (χ1) is 12.2.